The third-order valence-electron chi connectivity index (χ3n) is 0.492. The Morgan fingerprint density at radius 3 is 2.17 bits per heavy atom. The van der Waals surface area contributed by atoms with Crippen LogP contribution in [0.15, 0.2) is 0 Å². The Kier molecular flexibility index (Phi) is 3.35. The van der Waals surface area contributed by atoms with Crippen LogP contribution in [0.5, 0.6) is 0 Å². The van der Waals surface area contributed by atoms with Crippen LogP contribution in [0.3, 0.4) is 0 Å². The SMILES string of the molecule is CC(C)C[PH+]=O. The van der Waals surface area contributed by atoms with Crippen molar-refractivity contribution in [2.45, 2.75) is 13.8 Å². The molecule has 0 aromatic rings. The summed E-state index contributed by atoms with van der Waals surface area (Å²) >= 11 is 0. The third-order valence-corrected chi connectivity index (χ3v) is 1.47. The summed E-state index contributed by atoms with van der Waals surface area (Å²) in [7, 11) is -0.112. The lowest BCUT2D eigenvalue weighted by atomic mass is 10.3. The van der Waals surface area contributed by atoms with E-state index in [2.05, 4.69) is 13.8 Å². The maximum absolute atomic E-state index is 9.77. The van der Waals surface area contributed by atoms with E-state index in [-0.39, 0.29) is 8.46 Å². The van der Waals surface area contributed by atoms with Crippen molar-refractivity contribution < 1.29 is 4.57 Å². The van der Waals surface area contributed by atoms with Gasteiger partial charge in [0.2, 0.25) is 0 Å². The molecular formula is C4H10OP+. The highest BCUT2D eigenvalue weighted by atomic mass is 31.1. The molecule has 0 saturated heterocycles. The first kappa shape index (κ1) is 6.10. The molecule has 0 bridgehead atoms. The van der Waals surface area contributed by atoms with E-state index in [1.807, 2.05) is 0 Å². The molecule has 0 spiro atoms. The van der Waals surface area contributed by atoms with Crippen LogP contribution < -0.4 is 0 Å². The monoisotopic (exact) mass is 105 g/mol. The summed E-state index contributed by atoms with van der Waals surface area (Å²) in [4.78, 5) is 0. The molecule has 0 N–H and O–H groups in total. The molecule has 1 unspecified atom stereocenters. The molecule has 0 rings (SSSR count). The molecule has 0 aliphatic rings. The van der Waals surface area contributed by atoms with Crippen LogP contribution in [0.4, 0.5) is 0 Å². The van der Waals surface area contributed by atoms with Gasteiger partial charge in [0.15, 0.2) is 0 Å². The molecule has 2 heteroatoms. The van der Waals surface area contributed by atoms with E-state index in [1.165, 1.54) is 0 Å². The van der Waals surface area contributed by atoms with Crippen molar-refractivity contribution in [1.29, 1.82) is 0 Å². The van der Waals surface area contributed by atoms with Gasteiger partial charge in [-0.2, -0.15) is 0 Å². The van der Waals surface area contributed by atoms with Crippen molar-refractivity contribution in [3.63, 3.8) is 0 Å². The Hall–Kier alpha value is 0.100. The van der Waals surface area contributed by atoms with Gasteiger partial charge in [0.1, 0.15) is 6.16 Å². The maximum atomic E-state index is 9.77. The fourth-order valence-corrected chi connectivity index (χ4v) is 0.500. The van der Waals surface area contributed by atoms with E-state index >= 15 is 0 Å². The molecule has 1 nitrogen and oxygen atoms in total. The normalized spacial score (nSPS) is 10.5. The fourth-order valence-electron chi connectivity index (χ4n) is 0.167. The minimum Gasteiger partial charge on any atom is -0.0775 e. The second-order valence-electron chi connectivity index (χ2n) is 1.74. The Morgan fingerprint density at radius 2 is 2.17 bits per heavy atom. The van der Waals surface area contributed by atoms with Crippen LogP contribution in [0.25, 0.3) is 0 Å². The first-order valence-corrected chi connectivity index (χ1v) is 3.24. The number of rotatable bonds is 2. The highest BCUT2D eigenvalue weighted by Gasteiger charge is 1.94. The Labute approximate surface area is 40.0 Å². The highest BCUT2D eigenvalue weighted by Crippen LogP contribution is 2.00. The average molecular weight is 105 g/mol. The second kappa shape index (κ2) is 3.30. The quantitative estimate of drug-likeness (QED) is 0.488. The molecule has 0 fully saturated rings. The van der Waals surface area contributed by atoms with E-state index in [0.29, 0.717) is 5.92 Å². The molecule has 36 valence electrons. The van der Waals surface area contributed by atoms with E-state index < -0.39 is 0 Å². The summed E-state index contributed by atoms with van der Waals surface area (Å²) in [5, 5.41) is 0. The maximum Gasteiger partial charge on any atom is 0.325 e. The lowest BCUT2D eigenvalue weighted by molar-refractivity contribution is 0.591. The number of hydrogen-bond acceptors (Lipinski definition) is 1. The Balaban J connectivity index is 2.81. The van der Waals surface area contributed by atoms with Crippen LogP contribution in [-0.2, 0) is 4.57 Å². The summed E-state index contributed by atoms with van der Waals surface area (Å²) in [6.07, 6.45) is 0.847. The zero-order chi connectivity index (χ0) is 4.99. The molecule has 0 saturated carbocycles. The lowest BCUT2D eigenvalue weighted by Crippen LogP contribution is -1.83. The molecule has 1 atom stereocenters. The Morgan fingerprint density at radius 1 is 1.67 bits per heavy atom. The second-order valence-corrected chi connectivity index (χ2v) is 2.44. The molecule has 0 heterocycles. The van der Waals surface area contributed by atoms with Crippen LogP contribution in [0.1, 0.15) is 13.8 Å². The van der Waals surface area contributed by atoms with Gasteiger partial charge in [-0.25, -0.2) is 0 Å². The third kappa shape index (κ3) is 4.10. The van der Waals surface area contributed by atoms with Crippen LogP contribution >= 0.6 is 8.46 Å². The van der Waals surface area contributed by atoms with Gasteiger partial charge in [0, 0.05) is 0 Å². The smallest absolute Gasteiger partial charge is 0.0775 e. The predicted octanol–water partition coefficient (Wildman–Crippen LogP) is 1.67. The molecule has 0 radical (unpaired) electrons. The van der Waals surface area contributed by atoms with E-state index in [1.54, 1.807) is 0 Å². The molecular weight excluding hydrogens is 95.0 g/mol. The summed E-state index contributed by atoms with van der Waals surface area (Å²) in [5.74, 6) is 0.598. The van der Waals surface area contributed by atoms with Crippen molar-refractivity contribution in [2.75, 3.05) is 6.16 Å². The van der Waals surface area contributed by atoms with Gasteiger partial charge in [0.25, 0.3) is 0 Å². The summed E-state index contributed by atoms with van der Waals surface area (Å²) in [5.41, 5.74) is 0. The van der Waals surface area contributed by atoms with Gasteiger partial charge in [-0.05, 0) is 5.92 Å². The molecule has 6 heavy (non-hydrogen) atoms. The van der Waals surface area contributed by atoms with Gasteiger partial charge >= 0.3 is 8.46 Å². The molecule has 0 amide bonds. The summed E-state index contributed by atoms with van der Waals surface area (Å²) in [6, 6.07) is 0. The van der Waals surface area contributed by atoms with E-state index in [0.717, 1.165) is 6.16 Å². The Bertz CT molecular complexity index is 42.8. The zero-order valence-corrected chi connectivity index (χ0v) is 5.19. The van der Waals surface area contributed by atoms with Crippen molar-refractivity contribution in [3.05, 3.63) is 0 Å². The van der Waals surface area contributed by atoms with E-state index in [4.69, 9.17) is 0 Å². The van der Waals surface area contributed by atoms with Crippen molar-refractivity contribution in [1.82, 2.24) is 0 Å². The van der Waals surface area contributed by atoms with Gasteiger partial charge in [-0.1, -0.05) is 18.4 Å². The molecule has 0 aliphatic carbocycles. The van der Waals surface area contributed by atoms with Crippen molar-refractivity contribution in [2.24, 2.45) is 5.92 Å². The average Bonchev–Trinajstić information content (AvgIpc) is 1.35. The van der Waals surface area contributed by atoms with Crippen LogP contribution in [0, 0.1) is 5.92 Å². The summed E-state index contributed by atoms with van der Waals surface area (Å²) in [6.45, 7) is 4.12. The fraction of sp³-hybridized carbons (Fsp3) is 1.00. The van der Waals surface area contributed by atoms with E-state index in [9.17, 15) is 4.57 Å². The van der Waals surface area contributed by atoms with Crippen molar-refractivity contribution in [3.8, 4) is 0 Å². The van der Waals surface area contributed by atoms with Gasteiger partial charge in [-0.15, -0.1) is 0 Å². The molecule has 0 aromatic carbocycles. The van der Waals surface area contributed by atoms with Gasteiger partial charge in [0.05, 0.1) is 0 Å². The largest absolute Gasteiger partial charge is 0.325 e. The molecule has 0 aromatic heterocycles. The first-order valence-electron chi connectivity index (χ1n) is 2.12. The van der Waals surface area contributed by atoms with Crippen LogP contribution in [0.2, 0.25) is 0 Å². The standard InChI is InChI=1S/C4H9OP/c1-4(2)3-6-5/h4H,3H2,1-2H3/p+1. The van der Waals surface area contributed by atoms with Crippen molar-refractivity contribution >= 4 is 8.46 Å². The highest BCUT2D eigenvalue weighted by molar-refractivity contribution is 7.23. The zero-order valence-electron chi connectivity index (χ0n) is 4.19. The van der Waals surface area contributed by atoms with Crippen LogP contribution in [-0.4, -0.2) is 6.16 Å². The number of hydrogen-bond donors (Lipinski definition) is 0. The van der Waals surface area contributed by atoms with Gasteiger partial charge in [-0.3, -0.25) is 0 Å². The summed E-state index contributed by atoms with van der Waals surface area (Å²) < 4.78 is 9.77. The topological polar surface area (TPSA) is 17.1 Å². The minimum atomic E-state index is -0.112. The first-order chi connectivity index (χ1) is 2.77. The predicted molar refractivity (Wildman–Crippen MR) is 28.7 cm³/mol. The lowest BCUT2D eigenvalue weighted by Gasteiger charge is -1.83. The molecule has 0 aliphatic heterocycles. The minimum absolute atomic E-state index is 0.112. The van der Waals surface area contributed by atoms with Gasteiger partial charge < -0.3 is 0 Å².